The predicted octanol–water partition coefficient (Wildman–Crippen LogP) is 5.70. The fourth-order valence-corrected chi connectivity index (χ4v) is 5.07. The van der Waals surface area contributed by atoms with E-state index in [1.165, 1.54) is 10.6 Å². The monoisotopic (exact) mass is 541 g/mol. The summed E-state index contributed by atoms with van der Waals surface area (Å²) in [6.45, 7) is 3.94. The molecule has 0 fully saturated rings. The molecule has 0 unspecified atom stereocenters. The molecule has 4 aromatic rings. The minimum atomic E-state index is -3.52. The number of para-hydroxylation sites is 1. The predicted molar refractivity (Wildman–Crippen MR) is 155 cm³/mol. The van der Waals surface area contributed by atoms with E-state index in [-0.39, 0.29) is 24.4 Å². The van der Waals surface area contributed by atoms with Crippen molar-refractivity contribution >= 4 is 33.2 Å². The number of hydrogen-bond donors (Lipinski definition) is 2. The van der Waals surface area contributed by atoms with Crippen molar-refractivity contribution in [1.29, 1.82) is 0 Å². The summed E-state index contributed by atoms with van der Waals surface area (Å²) in [5, 5.41) is 5.81. The number of carbonyl (C=O) groups excluding carboxylic acids is 2. The summed E-state index contributed by atoms with van der Waals surface area (Å²) in [5.74, 6) is -0.675. The molecule has 0 saturated carbocycles. The normalized spacial score (nSPS) is 11.9. The van der Waals surface area contributed by atoms with Crippen LogP contribution < -0.4 is 14.9 Å². The molecule has 4 rings (SSSR count). The summed E-state index contributed by atoms with van der Waals surface area (Å²) < 4.78 is 26.3. The Kier molecular flexibility index (Phi) is 8.46. The Labute approximate surface area is 229 Å². The Morgan fingerprint density at radius 3 is 2.15 bits per heavy atom. The molecular weight excluding hydrogens is 510 g/mol. The SMILES string of the molecule is Cc1cccc(N(Cc2ccc(C(=O)Nc3ccccc3C(=O)N[C@H](C)c3ccccc3)cc2)S(C)(=O)=O)c1. The summed E-state index contributed by atoms with van der Waals surface area (Å²) in [4.78, 5) is 26.1. The molecule has 7 nitrogen and oxygen atoms in total. The molecule has 4 aromatic carbocycles. The second-order valence-corrected chi connectivity index (χ2v) is 11.3. The van der Waals surface area contributed by atoms with Crippen LogP contribution >= 0.6 is 0 Å². The van der Waals surface area contributed by atoms with Crippen LogP contribution in [-0.2, 0) is 16.6 Å². The van der Waals surface area contributed by atoms with Gasteiger partial charge in [-0.2, -0.15) is 0 Å². The van der Waals surface area contributed by atoms with Crippen LogP contribution in [0.3, 0.4) is 0 Å². The van der Waals surface area contributed by atoms with Crippen LogP contribution in [0.25, 0.3) is 0 Å². The summed E-state index contributed by atoms with van der Waals surface area (Å²) in [5.41, 5.74) is 4.37. The Morgan fingerprint density at radius 1 is 0.821 bits per heavy atom. The quantitative estimate of drug-likeness (QED) is 0.284. The third-order valence-electron chi connectivity index (χ3n) is 6.30. The van der Waals surface area contributed by atoms with Gasteiger partial charge in [0.25, 0.3) is 11.8 Å². The highest BCUT2D eigenvalue weighted by Gasteiger charge is 2.19. The highest BCUT2D eigenvalue weighted by atomic mass is 32.2. The third-order valence-corrected chi connectivity index (χ3v) is 7.44. The fraction of sp³-hybridized carbons (Fsp3) is 0.161. The summed E-state index contributed by atoms with van der Waals surface area (Å²) in [6, 6.07) is 30.3. The lowest BCUT2D eigenvalue weighted by Crippen LogP contribution is -2.29. The van der Waals surface area contributed by atoms with Gasteiger partial charge in [-0.3, -0.25) is 13.9 Å². The zero-order valence-electron chi connectivity index (χ0n) is 22.1. The lowest BCUT2D eigenvalue weighted by Gasteiger charge is -2.23. The first-order chi connectivity index (χ1) is 18.6. The van der Waals surface area contributed by atoms with Gasteiger partial charge >= 0.3 is 0 Å². The molecule has 0 spiro atoms. The van der Waals surface area contributed by atoms with Crippen molar-refractivity contribution in [1.82, 2.24) is 5.32 Å². The molecule has 0 aliphatic carbocycles. The van der Waals surface area contributed by atoms with Gasteiger partial charge in [-0.1, -0.05) is 66.7 Å². The molecule has 1 atom stereocenters. The van der Waals surface area contributed by atoms with Gasteiger partial charge < -0.3 is 10.6 Å². The van der Waals surface area contributed by atoms with Gasteiger partial charge in [-0.25, -0.2) is 8.42 Å². The van der Waals surface area contributed by atoms with Crippen molar-refractivity contribution < 1.29 is 18.0 Å². The Hall–Kier alpha value is -4.43. The number of carbonyl (C=O) groups is 2. The first-order valence-corrected chi connectivity index (χ1v) is 14.4. The summed E-state index contributed by atoms with van der Waals surface area (Å²) >= 11 is 0. The summed E-state index contributed by atoms with van der Waals surface area (Å²) in [6.07, 6.45) is 1.17. The largest absolute Gasteiger partial charge is 0.345 e. The van der Waals surface area contributed by atoms with Crippen molar-refractivity contribution in [3.05, 3.63) is 131 Å². The maximum atomic E-state index is 13.0. The number of amides is 2. The molecule has 2 amide bonds. The van der Waals surface area contributed by atoms with Crippen LogP contribution in [-0.4, -0.2) is 26.5 Å². The molecule has 2 N–H and O–H groups in total. The first kappa shape index (κ1) is 27.6. The zero-order valence-corrected chi connectivity index (χ0v) is 22.9. The molecule has 8 heteroatoms. The Balaban J connectivity index is 1.47. The number of rotatable bonds is 9. The van der Waals surface area contributed by atoms with Crippen LogP contribution in [0.2, 0.25) is 0 Å². The molecule has 0 radical (unpaired) electrons. The second-order valence-electron chi connectivity index (χ2n) is 9.41. The molecule has 200 valence electrons. The molecule has 0 saturated heterocycles. The lowest BCUT2D eigenvalue weighted by atomic mass is 10.1. The van der Waals surface area contributed by atoms with E-state index in [2.05, 4.69) is 10.6 Å². The number of anilines is 2. The number of nitrogens with one attached hydrogen (secondary N) is 2. The minimum absolute atomic E-state index is 0.132. The third kappa shape index (κ3) is 7.12. The standard InChI is InChI=1S/C31H31N3O4S/c1-22-10-9-13-27(20-22)34(39(3,37)38)21-24-16-18-26(19-17-24)30(35)33-29-15-8-7-14-28(29)31(36)32-23(2)25-11-5-4-6-12-25/h4-20,23H,21H2,1-3H3,(H,32,36)(H,33,35)/t23-/m1/s1. The smallest absolute Gasteiger partial charge is 0.255 e. The van der Waals surface area contributed by atoms with Gasteiger partial charge in [0, 0.05) is 5.56 Å². The van der Waals surface area contributed by atoms with Gasteiger partial charge in [0.15, 0.2) is 0 Å². The van der Waals surface area contributed by atoms with Gasteiger partial charge in [-0.05, 0) is 66.9 Å². The van der Waals surface area contributed by atoms with Crippen LogP contribution in [0.5, 0.6) is 0 Å². The van der Waals surface area contributed by atoms with E-state index in [9.17, 15) is 18.0 Å². The van der Waals surface area contributed by atoms with E-state index >= 15 is 0 Å². The van der Waals surface area contributed by atoms with Crippen molar-refractivity contribution in [3.8, 4) is 0 Å². The van der Waals surface area contributed by atoms with Gasteiger partial charge in [0.2, 0.25) is 10.0 Å². The molecular formula is C31H31N3O4S. The Bertz CT molecular complexity index is 1570. The molecule has 0 aliphatic rings. The van der Waals surface area contributed by atoms with Crippen molar-refractivity contribution in [2.45, 2.75) is 26.4 Å². The molecule has 39 heavy (non-hydrogen) atoms. The maximum Gasteiger partial charge on any atom is 0.255 e. The van der Waals surface area contributed by atoms with Gasteiger partial charge in [-0.15, -0.1) is 0 Å². The van der Waals surface area contributed by atoms with Crippen molar-refractivity contribution in [3.63, 3.8) is 0 Å². The van der Waals surface area contributed by atoms with Crippen molar-refractivity contribution in [2.24, 2.45) is 0 Å². The van der Waals surface area contributed by atoms with E-state index in [4.69, 9.17) is 0 Å². The van der Waals surface area contributed by atoms with E-state index in [1.807, 2.05) is 62.4 Å². The zero-order chi connectivity index (χ0) is 28.0. The van der Waals surface area contributed by atoms with Gasteiger partial charge in [0.05, 0.1) is 35.8 Å². The van der Waals surface area contributed by atoms with Crippen LogP contribution in [0.15, 0.2) is 103 Å². The summed E-state index contributed by atoms with van der Waals surface area (Å²) in [7, 11) is -3.52. The van der Waals surface area contributed by atoms with E-state index in [0.29, 0.717) is 22.5 Å². The molecule has 0 aliphatic heterocycles. The highest BCUT2D eigenvalue weighted by Crippen LogP contribution is 2.23. The number of hydrogen-bond acceptors (Lipinski definition) is 4. The van der Waals surface area contributed by atoms with Crippen molar-refractivity contribution in [2.75, 3.05) is 15.9 Å². The first-order valence-electron chi connectivity index (χ1n) is 12.5. The van der Waals surface area contributed by atoms with E-state index < -0.39 is 10.0 Å². The average molecular weight is 542 g/mol. The fourth-order valence-electron chi connectivity index (χ4n) is 4.19. The molecule has 0 bridgehead atoms. The second kappa shape index (κ2) is 12.0. The van der Waals surface area contributed by atoms with E-state index in [1.54, 1.807) is 54.6 Å². The van der Waals surface area contributed by atoms with E-state index in [0.717, 1.165) is 16.7 Å². The minimum Gasteiger partial charge on any atom is -0.345 e. The Morgan fingerprint density at radius 2 is 1.49 bits per heavy atom. The number of sulfonamides is 1. The van der Waals surface area contributed by atoms with Crippen LogP contribution in [0.4, 0.5) is 11.4 Å². The van der Waals surface area contributed by atoms with Crippen LogP contribution in [0.1, 0.15) is 50.4 Å². The maximum absolute atomic E-state index is 13.0. The highest BCUT2D eigenvalue weighted by molar-refractivity contribution is 7.92. The number of nitrogens with zero attached hydrogens (tertiary/aromatic N) is 1. The van der Waals surface area contributed by atoms with Gasteiger partial charge in [0.1, 0.15) is 0 Å². The number of benzene rings is 4. The molecule has 0 aromatic heterocycles. The van der Waals surface area contributed by atoms with Crippen LogP contribution in [0, 0.1) is 6.92 Å². The molecule has 0 heterocycles. The average Bonchev–Trinajstić information content (AvgIpc) is 2.92. The number of aryl methyl sites for hydroxylation is 1. The topological polar surface area (TPSA) is 95.6 Å². The lowest BCUT2D eigenvalue weighted by molar-refractivity contribution is 0.0940.